The molecule has 0 saturated carbocycles. The molecule has 0 aliphatic carbocycles. The third-order valence-corrected chi connectivity index (χ3v) is 4.19. The van der Waals surface area contributed by atoms with Crippen molar-refractivity contribution in [2.75, 3.05) is 11.4 Å². The highest BCUT2D eigenvalue weighted by atomic mass is 19.1. The molecule has 0 aromatic carbocycles. The number of aryl methyl sites for hydroxylation is 1. The second-order valence-corrected chi connectivity index (χ2v) is 5.67. The average molecular weight is 297 g/mol. The molecule has 1 aliphatic rings. The number of pyridine rings is 1. The van der Waals surface area contributed by atoms with Crippen molar-refractivity contribution in [3.05, 3.63) is 53.9 Å². The van der Waals surface area contributed by atoms with E-state index in [9.17, 15) is 4.39 Å². The van der Waals surface area contributed by atoms with Gasteiger partial charge in [0.15, 0.2) is 5.65 Å². The maximum absolute atomic E-state index is 13.5. The molecule has 0 amide bonds. The van der Waals surface area contributed by atoms with Gasteiger partial charge >= 0.3 is 0 Å². The Kier molecular flexibility index (Phi) is 3.03. The Hall–Kier alpha value is -2.50. The summed E-state index contributed by atoms with van der Waals surface area (Å²) in [5.41, 5.74) is 2.81. The number of rotatable bonds is 2. The Morgan fingerprint density at radius 1 is 1.27 bits per heavy atom. The van der Waals surface area contributed by atoms with Crippen LogP contribution in [-0.4, -0.2) is 26.1 Å². The lowest BCUT2D eigenvalue weighted by Crippen LogP contribution is -2.24. The van der Waals surface area contributed by atoms with Crippen LogP contribution < -0.4 is 4.90 Å². The topological polar surface area (TPSA) is 46.3 Å². The Balaban J connectivity index is 1.74. The molecule has 1 saturated heterocycles. The summed E-state index contributed by atoms with van der Waals surface area (Å²) in [6.45, 7) is 2.91. The maximum Gasteiger partial charge on any atom is 0.160 e. The number of hydrogen-bond acceptors (Lipinski definition) is 4. The first-order valence-corrected chi connectivity index (χ1v) is 7.40. The minimum atomic E-state index is -0.292. The number of fused-ring (bicyclic) bond motifs is 1. The SMILES string of the molecule is Cc1cnn2ccc(N3CCC[C@@H]3c3cncc(F)c3)nc12. The third kappa shape index (κ3) is 2.11. The highest BCUT2D eigenvalue weighted by molar-refractivity contribution is 5.53. The first-order chi connectivity index (χ1) is 10.7. The Bertz CT molecular complexity index is 828. The molecule has 4 rings (SSSR count). The summed E-state index contributed by atoms with van der Waals surface area (Å²) in [5.74, 6) is 0.613. The first kappa shape index (κ1) is 13.2. The molecular formula is C16H16FN5. The van der Waals surface area contributed by atoms with Crippen LogP contribution in [0.25, 0.3) is 5.65 Å². The summed E-state index contributed by atoms with van der Waals surface area (Å²) < 4.78 is 15.2. The molecule has 0 bridgehead atoms. The van der Waals surface area contributed by atoms with Crippen molar-refractivity contribution < 1.29 is 4.39 Å². The maximum atomic E-state index is 13.5. The zero-order valence-corrected chi connectivity index (χ0v) is 12.3. The monoisotopic (exact) mass is 297 g/mol. The number of halogens is 1. The fourth-order valence-corrected chi connectivity index (χ4v) is 3.13. The Morgan fingerprint density at radius 3 is 3.05 bits per heavy atom. The Labute approximate surface area is 127 Å². The third-order valence-electron chi connectivity index (χ3n) is 4.19. The van der Waals surface area contributed by atoms with E-state index in [1.165, 1.54) is 6.20 Å². The number of nitrogens with zero attached hydrogens (tertiary/aromatic N) is 5. The number of hydrogen-bond donors (Lipinski definition) is 0. The van der Waals surface area contributed by atoms with E-state index in [0.29, 0.717) is 0 Å². The van der Waals surface area contributed by atoms with Crippen LogP contribution in [0.5, 0.6) is 0 Å². The van der Waals surface area contributed by atoms with Gasteiger partial charge in [-0.25, -0.2) is 13.9 Å². The normalized spacial score (nSPS) is 18.3. The van der Waals surface area contributed by atoms with Crippen molar-refractivity contribution in [2.45, 2.75) is 25.8 Å². The van der Waals surface area contributed by atoms with Gasteiger partial charge in [-0.2, -0.15) is 5.10 Å². The Morgan fingerprint density at radius 2 is 2.18 bits per heavy atom. The van der Waals surface area contributed by atoms with Gasteiger partial charge in [-0.15, -0.1) is 0 Å². The fourth-order valence-electron chi connectivity index (χ4n) is 3.13. The predicted octanol–water partition coefficient (Wildman–Crippen LogP) is 2.91. The van der Waals surface area contributed by atoms with E-state index in [-0.39, 0.29) is 11.9 Å². The second kappa shape index (κ2) is 5.05. The zero-order valence-electron chi connectivity index (χ0n) is 12.3. The van der Waals surface area contributed by atoms with E-state index < -0.39 is 0 Å². The van der Waals surface area contributed by atoms with Crippen molar-refractivity contribution in [1.29, 1.82) is 0 Å². The quantitative estimate of drug-likeness (QED) is 0.729. The molecule has 0 N–H and O–H groups in total. The van der Waals surface area contributed by atoms with Crippen molar-refractivity contribution >= 4 is 11.5 Å². The molecule has 112 valence electrons. The van der Waals surface area contributed by atoms with Crippen LogP contribution in [0.2, 0.25) is 0 Å². The lowest BCUT2D eigenvalue weighted by atomic mass is 10.1. The molecule has 0 spiro atoms. The molecule has 0 radical (unpaired) electrons. The van der Waals surface area contributed by atoms with Gasteiger partial charge in [0.25, 0.3) is 0 Å². The van der Waals surface area contributed by atoms with Gasteiger partial charge < -0.3 is 4.90 Å². The first-order valence-electron chi connectivity index (χ1n) is 7.40. The molecule has 1 atom stereocenters. The molecule has 4 heterocycles. The van der Waals surface area contributed by atoms with Crippen molar-refractivity contribution in [3.63, 3.8) is 0 Å². The van der Waals surface area contributed by atoms with Gasteiger partial charge in [0, 0.05) is 24.5 Å². The van der Waals surface area contributed by atoms with Gasteiger partial charge in [0.05, 0.1) is 18.4 Å². The molecule has 0 unspecified atom stereocenters. The summed E-state index contributed by atoms with van der Waals surface area (Å²) in [4.78, 5) is 10.9. The van der Waals surface area contributed by atoms with Crippen LogP contribution in [0, 0.1) is 12.7 Å². The number of aromatic nitrogens is 4. The van der Waals surface area contributed by atoms with Crippen molar-refractivity contribution in [1.82, 2.24) is 19.6 Å². The molecule has 22 heavy (non-hydrogen) atoms. The van der Waals surface area contributed by atoms with Crippen LogP contribution in [0.3, 0.4) is 0 Å². The summed E-state index contributed by atoms with van der Waals surface area (Å²) in [6, 6.07) is 3.66. The summed E-state index contributed by atoms with van der Waals surface area (Å²) in [6.07, 6.45) is 8.76. The lowest BCUT2D eigenvalue weighted by Gasteiger charge is -2.26. The summed E-state index contributed by atoms with van der Waals surface area (Å²) in [7, 11) is 0. The zero-order chi connectivity index (χ0) is 15.1. The second-order valence-electron chi connectivity index (χ2n) is 5.67. The van der Waals surface area contributed by atoms with Crippen LogP contribution in [0.1, 0.15) is 30.0 Å². The highest BCUT2D eigenvalue weighted by Crippen LogP contribution is 2.35. The van der Waals surface area contributed by atoms with Gasteiger partial charge in [0.1, 0.15) is 11.6 Å². The molecule has 6 heteroatoms. The molecular weight excluding hydrogens is 281 g/mol. The van der Waals surface area contributed by atoms with Crippen LogP contribution in [0.4, 0.5) is 10.2 Å². The van der Waals surface area contributed by atoms with Gasteiger partial charge in [-0.1, -0.05) is 0 Å². The summed E-state index contributed by atoms with van der Waals surface area (Å²) >= 11 is 0. The summed E-state index contributed by atoms with van der Waals surface area (Å²) in [5, 5.41) is 4.25. The largest absolute Gasteiger partial charge is 0.349 e. The van der Waals surface area contributed by atoms with Crippen LogP contribution in [0.15, 0.2) is 36.9 Å². The molecule has 3 aromatic heterocycles. The molecule has 5 nitrogen and oxygen atoms in total. The van der Waals surface area contributed by atoms with E-state index in [4.69, 9.17) is 4.98 Å². The van der Waals surface area contributed by atoms with E-state index >= 15 is 0 Å². The molecule has 3 aromatic rings. The smallest absolute Gasteiger partial charge is 0.160 e. The van der Waals surface area contributed by atoms with E-state index in [1.807, 2.05) is 25.4 Å². The molecule has 1 aliphatic heterocycles. The van der Waals surface area contributed by atoms with Crippen LogP contribution in [-0.2, 0) is 0 Å². The van der Waals surface area contributed by atoms with E-state index in [0.717, 1.165) is 42.0 Å². The van der Waals surface area contributed by atoms with E-state index in [2.05, 4.69) is 15.0 Å². The van der Waals surface area contributed by atoms with Crippen molar-refractivity contribution in [2.24, 2.45) is 0 Å². The average Bonchev–Trinajstić information content (AvgIpc) is 3.14. The van der Waals surface area contributed by atoms with Crippen LogP contribution >= 0.6 is 0 Å². The highest BCUT2D eigenvalue weighted by Gasteiger charge is 2.28. The minimum absolute atomic E-state index is 0.126. The van der Waals surface area contributed by atoms with Gasteiger partial charge in [-0.3, -0.25) is 4.98 Å². The van der Waals surface area contributed by atoms with Crippen molar-refractivity contribution in [3.8, 4) is 0 Å². The van der Waals surface area contributed by atoms with Gasteiger partial charge in [0.2, 0.25) is 0 Å². The predicted molar refractivity (Wildman–Crippen MR) is 81.2 cm³/mol. The van der Waals surface area contributed by atoms with E-state index in [1.54, 1.807) is 16.8 Å². The standard InChI is InChI=1S/C16H16FN5/c1-11-8-19-22-6-4-15(20-16(11)22)21-5-2-3-14(21)12-7-13(17)10-18-9-12/h4,6-10,14H,2-3,5H2,1H3/t14-/m1/s1. The fraction of sp³-hybridized carbons (Fsp3) is 0.312. The lowest BCUT2D eigenvalue weighted by molar-refractivity contribution is 0.610. The number of anilines is 1. The van der Waals surface area contributed by atoms with Gasteiger partial charge in [-0.05, 0) is 37.5 Å². The molecule has 1 fully saturated rings. The minimum Gasteiger partial charge on any atom is -0.349 e.